The smallest absolute Gasteiger partial charge is 0.132 e. The summed E-state index contributed by atoms with van der Waals surface area (Å²) in [6.45, 7) is 6.21. The first kappa shape index (κ1) is 24.4. The lowest BCUT2D eigenvalue weighted by molar-refractivity contribution is 0.145. The molecule has 1 aliphatic heterocycles. The van der Waals surface area contributed by atoms with Crippen molar-refractivity contribution in [2.45, 2.75) is 6.42 Å². The number of fused-ring (bicyclic) bond motifs is 1. The second-order valence-corrected chi connectivity index (χ2v) is 9.40. The molecule has 0 radical (unpaired) electrons. The van der Waals surface area contributed by atoms with Gasteiger partial charge in [-0.1, -0.05) is 11.6 Å². The minimum Gasteiger partial charge on any atom is -0.493 e. The van der Waals surface area contributed by atoms with Crippen LogP contribution in [0, 0.1) is 5.82 Å². The Kier molecular flexibility index (Phi) is 7.55. The van der Waals surface area contributed by atoms with Gasteiger partial charge in [0.2, 0.25) is 0 Å². The molecular formula is C27H28ClFN6O. The third kappa shape index (κ3) is 5.90. The average molecular weight is 507 g/mol. The molecule has 0 spiro atoms. The van der Waals surface area contributed by atoms with Crippen LogP contribution in [-0.4, -0.2) is 71.4 Å². The normalized spacial score (nSPS) is 14.8. The van der Waals surface area contributed by atoms with Crippen LogP contribution in [0.1, 0.15) is 6.42 Å². The number of piperazine rings is 1. The van der Waals surface area contributed by atoms with E-state index in [0.29, 0.717) is 28.6 Å². The minimum atomic E-state index is -0.406. The first-order valence-electron chi connectivity index (χ1n) is 12.0. The van der Waals surface area contributed by atoms with E-state index < -0.39 is 5.82 Å². The highest BCUT2D eigenvalue weighted by atomic mass is 35.5. The van der Waals surface area contributed by atoms with Gasteiger partial charge in [-0.15, -0.1) is 0 Å². The molecule has 0 saturated carbocycles. The van der Waals surface area contributed by atoms with Crippen LogP contribution in [0.2, 0.25) is 5.02 Å². The Morgan fingerprint density at radius 2 is 1.92 bits per heavy atom. The van der Waals surface area contributed by atoms with Crippen LogP contribution in [0.25, 0.3) is 22.2 Å². The Labute approximate surface area is 214 Å². The van der Waals surface area contributed by atoms with Crippen molar-refractivity contribution in [1.82, 2.24) is 25.0 Å². The van der Waals surface area contributed by atoms with Crippen molar-refractivity contribution in [3.63, 3.8) is 0 Å². The fourth-order valence-electron chi connectivity index (χ4n) is 4.29. The number of hydrogen-bond donors (Lipinski definition) is 1. The molecule has 1 saturated heterocycles. The highest BCUT2D eigenvalue weighted by Gasteiger charge is 2.13. The van der Waals surface area contributed by atoms with Gasteiger partial charge in [-0.25, -0.2) is 4.39 Å². The number of rotatable bonds is 8. The van der Waals surface area contributed by atoms with Crippen LogP contribution < -0.4 is 10.1 Å². The largest absolute Gasteiger partial charge is 0.493 e. The maximum absolute atomic E-state index is 14.3. The van der Waals surface area contributed by atoms with Crippen molar-refractivity contribution in [3.8, 4) is 17.0 Å². The Morgan fingerprint density at radius 3 is 2.78 bits per heavy atom. The van der Waals surface area contributed by atoms with E-state index >= 15 is 0 Å². The zero-order valence-corrected chi connectivity index (χ0v) is 20.9. The van der Waals surface area contributed by atoms with Gasteiger partial charge in [0.25, 0.3) is 0 Å². The van der Waals surface area contributed by atoms with Crippen molar-refractivity contribution in [2.24, 2.45) is 0 Å². The standard InChI is InChI=1S/C27H28ClFN6O/c1-34-10-12-35(13-11-34)9-2-14-36-21-4-5-22-25(7-8-30-26(22)17-21)32-20-16-27(33-31-18-20)23-15-19(28)3-6-24(23)29/h3-8,15-18H,2,9-14H2,1H3,(H,30,32,33). The molecule has 0 unspecified atom stereocenters. The van der Waals surface area contributed by atoms with Crippen molar-refractivity contribution >= 4 is 33.9 Å². The lowest BCUT2D eigenvalue weighted by Crippen LogP contribution is -2.44. The second kappa shape index (κ2) is 11.2. The predicted octanol–water partition coefficient (Wildman–Crippen LogP) is 5.24. The molecule has 4 aromatic rings. The number of hydrogen-bond acceptors (Lipinski definition) is 7. The number of pyridine rings is 1. The lowest BCUT2D eigenvalue weighted by Gasteiger charge is -2.32. The van der Waals surface area contributed by atoms with Gasteiger partial charge in [0.1, 0.15) is 11.6 Å². The summed E-state index contributed by atoms with van der Waals surface area (Å²) in [5, 5.41) is 12.8. The fraction of sp³-hybridized carbons (Fsp3) is 0.296. The van der Waals surface area contributed by atoms with Crippen LogP contribution in [-0.2, 0) is 0 Å². The van der Waals surface area contributed by atoms with E-state index in [2.05, 4.69) is 37.3 Å². The van der Waals surface area contributed by atoms with Crippen LogP contribution in [0.3, 0.4) is 0 Å². The fourth-order valence-corrected chi connectivity index (χ4v) is 4.46. The highest BCUT2D eigenvalue weighted by molar-refractivity contribution is 6.30. The Morgan fingerprint density at radius 1 is 1.06 bits per heavy atom. The molecule has 36 heavy (non-hydrogen) atoms. The van der Waals surface area contributed by atoms with Gasteiger partial charge in [0, 0.05) is 66.6 Å². The zero-order valence-electron chi connectivity index (χ0n) is 20.1. The summed E-state index contributed by atoms with van der Waals surface area (Å²) >= 11 is 6.04. The maximum atomic E-state index is 14.3. The molecule has 1 N–H and O–H groups in total. The molecule has 186 valence electrons. The molecule has 0 atom stereocenters. The van der Waals surface area contributed by atoms with Crippen LogP contribution in [0.15, 0.2) is 60.9 Å². The number of anilines is 2. The van der Waals surface area contributed by atoms with E-state index in [1.54, 1.807) is 24.5 Å². The first-order chi connectivity index (χ1) is 17.5. The molecule has 9 heteroatoms. The van der Waals surface area contributed by atoms with Crippen LogP contribution in [0.5, 0.6) is 5.75 Å². The number of nitrogens with one attached hydrogen (secondary N) is 1. The minimum absolute atomic E-state index is 0.299. The van der Waals surface area contributed by atoms with Crippen molar-refractivity contribution < 1.29 is 9.13 Å². The monoisotopic (exact) mass is 506 g/mol. The highest BCUT2D eigenvalue weighted by Crippen LogP contribution is 2.30. The Balaban J connectivity index is 1.25. The van der Waals surface area contributed by atoms with E-state index in [4.69, 9.17) is 16.3 Å². The number of ether oxygens (including phenoxy) is 1. The summed E-state index contributed by atoms with van der Waals surface area (Å²) in [7, 11) is 2.17. The molecule has 0 bridgehead atoms. The van der Waals surface area contributed by atoms with Gasteiger partial charge < -0.3 is 19.9 Å². The maximum Gasteiger partial charge on any atom is 0.132 e. The summed E-state index contributed by atoms with van der Waals surface area (Å²) in [6, 6.07) is 13.9. The third-order valence-corrected chi connectivity index (χ3v) is 6.57. The molecule has 2 aromatic carbocycles. The van der Waals surface area contributed by atoms with Gasteiger partial charge in [-0.2, -0.15) is 10.2 Å². The van der Waals surface area contributed by atoms with Crippen molar-refractivity contribution in [2.75, 3.05) is 51.7 Å². The van der Waals surface area contributed by atoms with E-state index in [0.717, 1.165) is 61.5 Å². The summed E-state index contributed by atoms with van der Waals surface area (Å²) in [5.74, 6) is 0.395. The quantitative estimate of drug-likeness (QED) is 0.328. The Bertz CT molecular complexity index is 1350. The molecule has 0 amide bonds. The molecule has 1 fully saturated rings. The average Bonchev–Trinajstić information content (AvgIpc) is 2.89. The topological polar surface area (TPSA) is 66.4 Å². The summed E-state index contributed by atoms with van der Waals surface area (Å²) in [4.78, 5) is 9.37. The number of halogens is 2. The molecule has 0 aliphatic carbocycles. The van der Waals surface area contributed by atoms with Crippen molar-refractivity contribution in [3.05, 3.63) is 71.8 Å². The predicted molar refractivity (Wildman–Crippen MR) is 142 cm³/mol. The number of likely N-dealkylation sites (N-methyl/N-ethyl adjacent to an activating group) is 1. The van der Waals surface area contributed by atoms with E-state index in [9.17, 15) is 4.39 Å². The number of aromatic nitrogens is 3. The van der Waals surface area contributed by atoms with Gasteiger partial charge in [-0.05, 0) is 55.9 Å². The molecule has 3 heterocycles. The lowest BCUT2D eigenvalue weighted by atomic mass is 10.1. The summed E-state index contributed by atoms with van der Waals surface area (Å²) in [6.07, 6.45) is 4.32. The van der Waals surface area contributed by atoms with Gasteiger partial charge in [0.15, 0.2) is 0 Å². The van der Waals surface area contributed by atoms with E-state index in [-0.39, 0.29) is 0 Å². The van der Waals surface area contributed by atoms with E-state index in [1.807, 2.05) is 24.3 Å². The second-order valence-electron chi connectivity index (χ2n) is 8.96. The van der Waals surface area contributed by atoms with E-state index in [1.165, 1.54) is 12.1 Å². The van der Waals surface area contributed by atoms with Gasteiger partial charge in [-0.3, -0.25) is 4.98 Å². The molecule has 7 nitrogen and oxygen atoms in total. The summed E-state index contributed by atoms with van der Waals surface area (Å²) in [5.41, 5.74) is 3.04. The molecule has 5 rings (SSSR count). The number of nitrogens with zero attached hydrogens (tertiary/aromatic N) is 5. The van der Waals surface area contributed by atoms with Crippen LogP contribution >= 0.6 is 11.6 Å². The molecule has 2 aromatic heterocycles. The van der Waals surface area contributed by atoms with Gasteiger partial charge in [0.05, 0.1) is 29.7 Å². The number of benzene rings is 2. The molecular weight excluding hydrogens is 479 g/mol. The zero-order chi connectivity index (χ0) is 24.9. The van der Waals surface area contributed by atoms with Crippen molar-refractivity contribution in [1.29, 1.82) is 0 Å². The molecule has 1 aliphatic rings. The van der Waals surface area contributed by atoms with Crippen LogP contribution in [0.4, 0.5) is 15.8 Å². The summed E-state index contributed by atoms with van der Waals surface area (Å²) < 4.78 is 20.3. The first-order valence-corrected chi connectivity index (χ1v) is 12.4. The SMILES string of the molecule is CN1CCN(CCCOc2ccc3c(Nc4cnnc(-c5cc(Cl)ccc5F)c4)ccnc3c2)CC1. The van der Waals surface area contributed by atoms with Gasteiger partial charge >= 0.3 is 0 Å². The Hall–Kier alpha value is -3.33. The third-order valence-electron chi connectivity index (χ3n) is 6.34.